The predicted molar refractivity (Wildman–Crippen MR) is 106 cm³/mol. The van der Waals surface area contributed by atoms with E-state index in [1.807, 2.05) is 42.1 Å². The third kappa shape index (κ3) is 2.51. The van der Waals surface area contributed by atoms with Gasteiger partial charge >= 0.3 is 0 Å². The van der Waals surface area contributed by atoms with Gasteiger partial charge in [-0.15, -0.1) is 0 Å². The number of aromatic nitrogens is 5. The molecular formula is C21H20N6O. The summed E-state index contributed by atoms with van der Waals surface area (Å²) in [6.07, 6.45) is 4.62. The molecule has 1 aliphatic heterocycles. The van der Waals surface area contributed by atoms with E-state index in [9.17, 15) is 4.79 Å². The van der Waals surface area contributed by atoms with Crippen molar-refractivity contribution in [2.24, 2.45) is 0 Å². The number of carbonyl (C=O) groups excluding carboxylic acids is 1. The van der Waals surface area contributed by atoms with Crippen LogP contribution in [0, 0.1) is 6.92 Å². The van der Waals surface area contributed by atoms with E-state index in [1.165, 1.54) is 5.56 Å². The molecule has 0 saturated carbocycles. The monoisotopic (exact) mass is 372 g/mol. The van der Waals surface area contributed by atoms with Gasteiger partial charge in [0.1, 0.15) is 0 Å². The molecule has 4 heterocycles. The number of carbonyl (C=O) groups is 1. The molecule has 0 aliphatic carbocycles. The highest BCUT2D eigenvalue weighted by Crippen LogP contribution is 2.29. The highest BCUT2D eigenvalue weighted by molar-refractivity contribution is 6.06. The molecule has 0 fully saturated rings. The maximum absolute atomic E-state index is 13.2. The summed E-state index contributed by atoms with van der Waals surface area (Å²) in [5, 5.41) is 9.13. The fourth-order valence-corrected chi connectivity index (χ4v) is 3.82. The molecule has 3 aromatic heterocycles. The number of anilines is 1. The lowest BCUT2D eigenvalue weighted by atomic mass is 10.2. The standard InChI is InChI=1S/C21H20N6O/c1-3-25-13-16(14(2)23-25)19-8-10-22-20-12-17(24-27(19)20)21(28)26-11-9-15-6-4-5-7-18(15)26/h4-8,10,12-13H,3,9,11H2,1-2H3. The Morgan fingerprint density at radius 2 is 2.04 bits per heavy atom. The largest absolute Gasteiger partial charge is 0.306 e. The van der Waals surface area contributed by atoms with E-state index in [1.54, 1.807) is 21.7 Å². The minimum atomic E-state index is -0.0950. The first kappa shape index (κ1) is 16.7. The molecule has 0 N–H and O–H groups in total. The number of hydrogen-bond acceptors (Lipinski definition) is 4. The fraction of sp³-hybridized carbons (Fsp3) is 0.238. The van der Waals surface area contributed by atoms with Gasteiger partial charge in [0.05, 0.1) is 11.4 Å². The van der Waals surface area contributed by atoms with Gasteiger partial charge in [-0.25, -0.2) is 9.50 Å². The molecule has 0 radical (unpaired) electrons. The molecule has 4 aromatic rings. The molecule has 1 aliphatic rings. The lowest BCUT2D eigenvalue weighted by molar-refractivity contribution is 0.0984. The highest BCUT2D eigenvalue weighted by Gasteiger charge is 2.27. The van der Waals surface area contributed by atoms with Crippen molar-refractivity contribution in [3.05, 3.63) is 65.7 Å². The van der Waals surface area contributed by atoms with Gasteiger partial charge in [-0.2, -0.15) is 10.2 Å². The summed E-state index contributed by atoms with van der Waals surface area (Å²) in [5.74, 6) is -0.0950. The van der Waals surface area contributed by atoms with Crippen LogP contribution in [0.15, 0.2) is 48.8 Å². The molecule has 0 unspecified atom stereocenters. The smallest absolute Gasteiger partial charge is 0.278 e. The topological polar surface area (TPSA) is 68.3 Å². The molecule has 28 heavy (non-hydrogen) atoms. The van der Waals surface area contributed by atoms with E-state index in [-0.39, 0.29) is 5.91 Å². The normalized spacial score (nSPS) is 13.3. The van der Waals surface area contributed by atoms with Crippen LogP contribution < -0.4 is 4.90 Å². The molecular weight excluding hydrogens is 352 g/mol. The second kappa shape index (κ2) is 6.30. The Morgan fingerprint density at radius 3 is 2.86 bits per heavy atom. The van der Waals surface area contributed by atoms with Crippen LogP contribution >= 0.6 is 0 Å². The van der Waals surface area contributed by atoms with Gasteiger partial charge in [-0.05, 0) is 38.0 Å². The van der Waals surface area contributed by atoms with Crippen LogP contribution in [0.1, 0.15) is 28.7 Å². The number of amides is 1. The van der Waals surface area contributed by atoms with Crippen molar-refractivity contribution < 1.29 is 4.79 Å². The van der Waals surface area contributed by atoms with E-state index < -0.39 is 0 Å². The molecule has 140 valence electrons. The number of fused-ring (bicyclic) bond motifs is 2. The number of nitrogens with zero attached hydrogens (tertiary/aromatic N) is 6. The zero-order valence-electron chi connectivity index (χ0n) is 15.8. The van der Waals surface area contributed by atoms with E-state index in [0.717, 1.165) is 35.6 Å². The van der Waals surface area contributed by atoms with Crippen LogP contribution in [0.25, 0.3) is 16.9 Å². The highest BCUT2D eigenvalue weighted by atomic mass is 16.2. The van der Waals surface area contributed by atoms with Crippen LogP contribution in [-0.4, -0.2) is 36.8 Å². The van der Waals surface area contributed by atoms with Crippen molar-refractivity contribution >= 4 is 17.2 Å². The van der Waals surface area contributed by atoms with Gasteiger partial charge in [-0.1, -0.05) is 18.2 Å². The van der Waals surface area contributed by atoms with E-state index in [2.05, 4.69) is 28.2 Å². The molecule has 0 spiro atoms. The molecule has 0 bridgehead atoms. The van der Waals surface area contributed by atoms with Crippen molar-refractivity contribution in [3.8, 4) is 11.3 Å². The molecule has 5 rings (SSSR count). The zero-order valence-corrected chi connectivity index (χ0v) is 15.8. The van der Waals surface area contributed by atoms with Crippen molar-refractivity contribution in [1.82, 2.24) is 24.4 Å². The maximum atomic E-state index is 13.2. The number of aryl methyl sites for hydroxylation is 2. The second-order valence-corrected chi connectivity index (χ2v) is 6.95. The van der Waals surface area contributed by atoms with Crippen molar-refractivity contribution in [2.75, 3.05) is 11.4 Å². The SMILES string of the molecule is CCn1cc(-c2ccnc3cc(C(=O)N4CCc5ccccc54)nn23)c(C)n1. The Balaban J connectivity index is 1.58. The van der Waals surface area contributed by atoms with E-state index >= 15 is 0 Å². The van der Waals surface area contributed by atoms with Gasteiger partial charge in [0.25, 0.3) is 5.91 Å². The van der Waals surface area contributed by atoms with Gasteiger partial charge < -0.3 is 4.90 Å². The Labute approximate surface area is 162 Å². The first-order valence-corrected chi connectivity index (χ1v) is 9.44. The molecule has 7 nitrogen and oxygen atoms in total. The Kier molecular flexibility index (Phi) is 3.75. The number of para-hydroxylation sites is 1. The van der Waals surface area contributed by atoms with Crippen LogP contribution in [0.3, 0.4) is 0 Å². The van der Waals surface area contributed by atoms with Gasteiger partial charge in [0.2, 0.25) is 0 Å². The lowest BCUT2D eigenvalue weighted by Gasteiger charge is -2.15. The summed E-state index contributed by atoms with van der Waals surface area (Å²) in [6, 6.07) is 11.7. The van der Waals surface area contributed by atoms with Gasteiger partial charge in [0, 0.05) is 42.8 Å². The molecule has 0 atom stereocenters. The van der Waals surface area contributed by atoms with Gasteiger partial charge in [-0.3, -0.25) is 9.48 Å². The van der Waals surface area contributed by atoms with Crippen LogP contribution in [0.2, 0.25) is 0 Å². The van der Waals surface area contributed by atoms with E-state index in [0.29, 0.717) is 17.9 Å². The summed E-state index contributed by atoms with van der Waals surface area (Å²) in [6.45, 7) is 5.50. The lowest BCUT2D eigenvalue weighted by Crippen LogP contribution is -2.29. The third-order valence-corrected chi connectivity index (χ3v) is 5.26. The minimum absolute atomic E-state index is 0.0950. The summed E-state index contributed by atoms with van der Waals surface area (Å²) in [4.78, 5) is 19.4. The molecule has 7 heteroatoms. The quantitative estimate of drug-likeness (QED) is 0.554. The zero-order chi connectivity index (χ0) is 19.3. The summed E-state index contributed by atoms with van der Waals surface area (Å²) in [7, 11) is 0. The van der Waals surface area contributed by atoms with Crippen molar-refractivity contribution in [2.45, 2.75) is 26.8 Å². The first-order valence-electron chi connectivity index (χ1n) is 9.44. The average molecular weight is 372 g/mol. The third-order valence-electron chi connectivity index (χ3n) is 5.26. The number of benzene rings is 1. The van der Waals surface area contributed by atoms with Crippen LogP contribution in [0.4, 0.5) is 5.69 Å². The van der Waals surface area contributed by atoms with Crippen LogP contribution in [0.5, 0.6) is 0 Å². The summed E-state index contributed by atoms with van der Waals surface area (Å²) >= 11 is 0. The van der Waals surface area contributed by atoms with Crippen molar-refractivity contribution in [1.29, 1.82) is 0 Å². The van der Waals surface area contributed by atoms with E-state index in [4.69, 9.17) is 0 Å². The Hall–Kier alpha value is -3.48. The maximum Gasteiger partial charge on any atom is 0.278 e. The molecule has 0 saturated heterocycles. The predicted octanol–water partition coefficient (Wildman–Crippen LogP) is 3.12. The average Bonchev–Trinajstić information content (AvgIpc) is 3.43. The summed E-state index contributed by atoms with van der Waals surface area (Å²) in [5.41, 5.74) is 6.00. The van der Waals surface area contributed by atoms with Crippen molar-refractivity contribution in [3.63, 3.8) is 0 Å². The Bertz CT molecular complexity index is 1200. The minimum Gasteiger partial charge on any atom is -0.306 e. The summed E-state index contributed by atoms with van der Waals surface area (Å²) < 4.78 is 3.63. The first-order chi connectivity index (χ1) is 13.7. The number of rotatable bonds is 3. The van der Waals surface area contributed by atoms with Crippen LogP contribution in [-0.2, 0) is 13.0 Å². The second-order valence-electron chi connectivity index (χ2n) is 6.95. The molecule has 1 aromatic carbocycles. The van der Waals surface area contributed by atoms with Gasteiger partial charge in [0.15, 0.2) is 11.3 Å². The number of hydrogen-bond donors (Lipinski definition) is 0. The Morgan fingerprint density at radius 1 is 1.18 bits per heavy atom. The fourth-order valence-electron chi connectivity index (χ4n) is 3.82. The molecule has 1 amide bonds.